The lowest BCUT2D eigenvalue weighted by Gasteiger charge is -2.30. The molecule has 0 saturated heterocycles. The standard InChI is InChI=1S/C25H29ClN2O5S/c1-14-13-18-20(16-7-9-17(26)10-8-16)19(23(24(29)30)33-25(3,4)5)15(2)21-22(18)28(14)11-12-34(31,32)27(21)6/h7-10,13,23H,11-12H2,1-6H3,(H,29,30)/t23-/m0/s1. The number of benzene rings is 2. The molecular formula is C25H29ClN2O5S. The Balaban J connectivity index is 2.22. The van der Waals surface area contributed by atoms with Gasteiger partial charge in [-0.3, -0.25) is 4.31 Å². The first-order chi connectivity index (χ1) is 15.7. The van der Waals surface area contributed by atoms with Crippen molar-refractivity contribution in [3.05, 3.63) is 52.2 Å². The van der Waals surface area contributed by atoms with Gasteiger partial charge in [0.1, 0.15) is 0 Å². The minimum absolute atomic E-state index is 0.0469. The van der Waals surface area contributed by atoms with E-state index in [1.54, 1.807) is 39.8 Å². The Hall–Kier alpha value is -2.55. The Morgan fingerprint density at radius 1 is 1.18 bits per heavy atom. The van der Waals surface area contributed by atoms with Gasteiger partial charge in [-0.25, -0.2) is 13.2 Å². The van der Waals surface area contributed by atoms with Crippen molar-refractivity contribution in [3.63, 3.8) is 0 Å². The molecule has 0 amide bonds. The van der Waals surface area contributed by atoms with E-state index in [-0.39, 0.29) is 5.75 Å². The molecule has 0 unspecified atom stereocenters. The van der Waals surface area contributed by atoms with Gasteiger partial charge in [-0.2, -0.15) is 0 Å². The van der Waals surface area contributed by atoms with Crippen molar-refractivity contribution < 1.29 is 23.1 Å². The second-order valence-corrected chi connectivity index (χ2v) is 12.3. The highest BCUT2D eigenvalue weighted by molar-refractivity contribution is 7.92. The van der Waals surface area contributed by atoms with Crippen LogP contribution in [0.2, 0.25) is 5.02 Å². The fourth-order valence-electron chi connectivity index (χ4n) is 4.76. The fourth-order valence-corrected chi connectivity index (χ4v) is 6.07. The van der Waals surface area contributed by atoms with Crippen molar-refractivity contribution in [1.82, 2.24) is 4.57 Å². The Labute approximate surface area is 204 Å². The van der Waals surface area contributed by atoms with E-state index in [4.69, 9.17) is 16.3 Å². The number of sulfonamides is 1. The maximum atomic E-state index is 13.1. The number of hydrogen-bond donors (Lipinski definition) is 1. The number of halogens is 1. The van der Waals surface area contributed by atoms with Crippen LogP contribution in [0.1, 0.15) is 43.7 Å². The summed E-state index contributed by atoms with van der Waals surface area (Å²) in [5.41, 5.74) is 3.88. The molecule has 3 aromatic rings. The van der Waals surface area contributed by atoms with Gasteiger partial charge in [0, 0.05) is 35.3 Å². The summed E-state index contributed by atoms with van der Waals surface area (Å²) in [6.07, 6.45) is -1.31. The number of aromatic nitrogens is 1. The van der Waals surface area contributed by atoms with Crippen molar-refractivity contribution in [1.29, 1.82) is 0 Å². The second-order valence-electron chi connectivity index (χ2n) is 9.70. The molecule has 1 aliphatic rings. The summed E-state index contributed by atoms with van der Waals surface area (Å²) in [5.74, 6) is -1.19. The number of hydrogen-bond acceptors (Lipinski definition) is 4. The zero-order valence-electron chi connectivity index (χ0n) is 20.1. The van der Waals surface area contributed by atoms with Crippen LogP contribution in [0.4, 0.5) is 5.69 Å². The van der Waals surface area contributed by atoms with E-state index in [2.05, 4.69) is 0 Å². The minimum Gasteiger partial charge on any atom is -0.479 e. The number of aliphatic carboxylic acids is 1. The summed E-state index contributed by atoms with van der Waals surface area (Å²) in [6.45, 7) is 9.41. The second kappa shape index (κ2) is 8.29. The van der Waals surface area contributed by atoms with Gasteiger partial charge in [0.05, 0.1) is 22.6 Å². The molecule has 0 bridgehead atoms. The summed E-state index contributed by atoms with van der Waals surface area (Å²) in [5, 5.41) is 11.6. The van der Waals surface area contributed by atoms with Gasteiger partial charge in [-0.15, -0.1) is 0 Å². The molecular weight excluding hydrogens is 476 g/mol. The van der Waals surface area contributed by atoms with E-state index < -0.39 is 27.7 Å². The van der Waals surface area contributed by atoms with Crippen LogP contribution in [0, 0.1) is 13.8 Å². The molecule has 182 valence electrons. The summed E-state index contributed by atoms with van der Waals surface area (Å²) in [6, 6.07) is 9.21. The molecule has 2 heterocycles. The molecule has 1 aromatic heterocycles. The number of anilines is 1. The fraction of sp³-hybridized carbons (Fsp3) is 0.400. The third kappa shape index (κ3) is 4.08. The molecule has 0 aliphatic carbocycles. The molecule has 0 saturated carbocycles. The maximum Gasteiger partial charge on any atom is 0.337 e. The highest BCUT2D eigenvalue weighted by Gasteiger charge is 2.37. The highest BCUT2D eigenvalue weighted by atomic mass is 35.5. The van der Waals surface area contributed by atoms with Crippen LogP contribution in [-0.4, -0.2) is 42.5 Å². The third-order valence-electron chi connectivity index (χ3n) is 6.22. The lowest BCUT2D eigenvalue weighted by Crippen LogP contribution is -2.31. The summed E-state index contributed by atoms with van der Waals surface area (Å²) >= 11 is 6.15. The first-order valence-electron chi connectivity index (χ1n) is 11.0. The van der Waals surface area contributed by atoms with Gasteiger partial charge in [-0.1, -0.05) is 23.7 Å². The third-order valence-corrected chi connectivity index (χ3v) is 8.19. The summed E-state index contributed by atoms with van der Waals surface area (Å²) < 4.78 is 35.5. The molecule has 1 atom stereocenters. The molecule has 1 N–H and O–H groups in total. The number of carboxylic acids is 1. The normalized spacial score (nSPS) is 16.5. The topological polar surface area (TPSA) is 88.8 Å². The number of rotatable bonds is 4. The van der Waals surface area contributed by atoms with Gasteiger partial charge in [0.15, 0.2) is 6.10 Å². The zero-order valence-corrected chi connectivity index (χ0v) is 21.7. The Kier molecular flexibility index (Phi) is 5.99. The van der Waals surface area contributed by atoms with E-state index in [1.807, 2.05) is 29.7 Å². The monoisotopic (exact) mass is 504 g/mol. The number of aryl methyl sites for hydroxylation is 2. The van der Waals surface area contributed by atoms with E-state index in [0.717, 1.165) is 22.2 Å². The summed E-state index contributed by atoms with van der Waals surface area (Å²) in [7, 11) is -2.07. The molecule has 1 aliphatic heterocycles. The number of nitrogens with zero attached hydrogens (tertiary/aromatic N) is 2. The first-order valence-corrected chi connectivity index (χ1v) is 13.0. The predicted octanol–water partition coefficient (Wildman–Crippen LogP) is 5.30. The van der Waals surface area contributed by atoms with Crippen LogP contribution in [-0.2, 0) is 26.1 Å². The predicted molar refractivity (Wildman–Crippen MR) is 135 cm³/mol. The van der Waals surface area contributed by atoms with Crippen molar-refractivity contribution in [2.24, 2.45) is 0 Å². The van der Waals surface area contributed by atoms with E-state index in [0.29, 0.717) is 33.9 Å². The Bertz CT molecular complexity index is 1400. The van der Waals surface area contributed by atoms with Crippen molar-refractivity contribution in [3.8, 4) is 11.1 Å². The van der Waals surface area contributed by atoms with Crippen LogP contribution < -0.4 is 4.31 Å². The smallest absolute Gasteiger partial charge is 0.337 e. The Morgan fingerprint density at radius 3 is 2.35 bits per heavy atom. The SMILES string of the molecule is Cc1c([C@H](OC(C)(C)C)C(=O)O)c(-c2ccc(Cl)cc2)c2cc(C)n3c2c1N(C)S(=O)(=O)CC3. The molecule has 0 radical (unpaired) electrons. The van der Waals surface area contributed by atoms with E-state index >= 15 is 0 Å². The lowest BCUT2D eigenvalue weighted by atomic mass is 9.87. The van der Waals surface area contributed by atoms with Gasteiger partial charge >= 0.3 is 5.97 Å². The van der Waals surface area contributed by atoms with Crippen molar-refractivity contribution in [2.45, 2.75) is 52.9 Å². The van der Waals surface area contributed by atoms with Gasteiger partial charge in [-0.05, 0) is 69.5 Å². The van der Waals surface area contributed by atoms with Crippen LogP contribution in [0.15, 0.2) is 30.3 Å². The maximum absolute atomic E-state index is 13.1. The van der Waals surface area contributed by atoms with Gasteiger partial charge < -0.3 is 14.4 Å². The summed E-state index contributed by atoms with van der Waals surface area (Å²) in [4.78, 5) is 12.6. The molecule has 0 spiro atoms. The molecule has 0 fully saturated rings. The molecule has 7 nitrogen and oxygen atoms in total. The van der Waals surface area contributed by atoms with Crippen LogP contribution in [0.25, 0.3) is 22.0 Å². The number of carbonyl (C=O) groups is 1. The average molecular weight is 505 g/mol. The van der Waals surface area contributed by atoms with Crippen molar-refractivity contribution in [2.75, 3.05) is 17.1 Å². The van der Waals surface area contributed by atoms with Gasteiger partial charge in [0.2, 0.25) is 10.0 Å². The average Bonchev–Trinajstić information content (AvgIpc) is 2.99. The lowest BCUT2D eigenvalue weighted by molar-refractivity contribution is -0.160. The largest absolute Gasteiger partial charge is 0.479 e. The zero-order chi connectivity index (χ0) is 25.2. The number of carboxylic acid groups (broad SMARTS) is 1. The van der Waals surface area contributed by atoms with E-state index in [9.17, 15) is 18.3 Å². The number of ether oxygens (including phenoxy) is 1. The van der Waals surface area contributed by atoms with Crippen LogP contribution in [0.5, 0.6) is 0 Å². The van der Waals surface area contributed by atoms with Crippen molar-refractivity contribution >= 4 is 44.2 Å². The molecule has 9 heteroatoms. The Morgan fingerprint density at radius 2 is 1.79 bits per heavy atom. The molecule has 34 heavy (non-hydrogen) atoms. The minimum atomic E-state index is -3.60. The van der Waals surface area contributed by atoms with Gasteiger partial charge in [0.25, 0.3) is 0 Å². The molecule has 2 aromatic carbocycles. The molecule has 4 rings (SSSR count). The van der Waals surface area contributed by atoms with Crippen LogP contribution >= 0.6 is 11.6 Å². The highest BCUT2D eigenvalue weighted by Crippen LogP contribution is 2.47. The van der Waals surface area contributed by atoms with Crippen LogP contribution in [0.3, 0.4) is 0 Å². The first kappa shape index (κ1) is 24.6. The quantitative estimate of drug-likeness (QED) is 0.521. The van der Waals surface area contributed by atoms with E-state index in [1.165, 1.54) is 11.4 Å².